The summed E-state index contributed by atoms with van der Waals surface area (Å²) in [4.78, 5) is 12.9. The number of nitrogens with zero attached hydrogens (tertiary/aromatic N) is 1. The molecule has 3 heteroatoms. The Bertz CT molecular complexity index is 237. The van der Waals surface area contributed by atoms with Crippen molar-refractivity contribution in [1.29, 1.82) is 0 Å². The highest BCUT2D eigenvalue weighted by Gasteiger charge is 2.39. The largest absolute Gasteiger partial charge is 0.372 e. The Labute approximate surface area is 79.4 Å². The molecule has 74 valence electrons. The molecule has 1 fully saturated rings. The zero-order valence-corrected chi connectivity index (χ0v) is 8.59. The predicted octanol–water partition coefficient (Wildman–Crippen LogP) is 1.20. The van der Waals surface area contributed by atoms with Crippen molar-refractivity contribution in [2.24, 2.45) is 0 Å². The molecule has 0 bridgehead atoms. The minimum atomic E-state index is -0.300. The van der Waals surface area contributed by atoms with Gasteiger partial charge in [0, 0.05) is 20.6 Å². The molecule has 1 heterocycles. The van der Waals surface area contributed by atoms with Crippen LogP contribution < -0.4 is 0 Å². The number of ether oxygens (including phenoxy) is 1. The van der Waals surface area contributed by atoms with Gasteiger partial charge in [0.05, 0.1) is 6.54 Å². The van der Waals surface area contributed by atoms with Crippen molar-refractivity contribution in [3.8, 4) is 0 Å². The number of carbonyl (C=O) groups is 1. The highest BCUT2D eigenvalue weighted by atomic mass is 16.5. The van der Waals surface area contributed by atoms with Gasteiger partial charge in [-0.05, 0) is 18.9 Å². The van der Waals surface area contributed by atoms with E-state index < -0.39 is 0 Å². The molecule has 0 saturated carbocycles. The number of amides is 1. The van der Waals surface area contributed by atoms with E-state index in [1.807, 2.05) is 6.92 Å². The van der Waals surface area contributed by atoms with Crippen LogP contribution in [0.4, 0.5) is 0 Å². The molecule has 1 unspecified atom stereocenters. The van der Waals surface area contributed by atoms with Crippen LogP contribution in [0.3, 0.4) is 0 Å². The standard InChI is InChI=1S/C10H17NO2/c1-8(2)10(13-4)5-6-11(7-10)9(3)12/h1,5-7H2,2-4H3. The summed E-state index contributed by atoms with van der Waals surface area (Å²) < 4.78 is 5.45. The molecule has 1 aliphatic rings. The van der Waals surface area contributed by atoms with E-state index in [0.29, 0.717) is 6.54 Å². The van der Waals surface area contributed by atoms with Crippen LogP contribution in [-0.2, 0) is 9.53 Å². The lowest BCUT2D eigenvalue weighted by atomic mass is 9.95. The first kappa shape index (κ1) is 10.3. The molecule has 13 heavy (non-hydrogen) atoms. The number of rotatable bonds is 2. The summed E-state index contributed by atoms with van der Waals surface area (Å²) in [6, 6.07) is 0. The van der Waals surface area contributed by atoms with Gasteiger partial charge in [0.1, 0.15) is 5.60 Å². The van der Waals surface area contributed by atoms with E-state index in [1.165, 1.54) is 0 Å². The molecule has 1 amide bonds. The second kappa shape index (κ2) is 3.50. The summed E-state index contributed by atoms with van der Waals surface area (Å²) in [7, 11) is 1.68. The van der Waals surface area contributed by atoms with E-state index in [4.69, 9.17) is 4.74 Å². The molecular formula is C10H17NO2. The third kappa shape index (κ3) is 1.75. The zero-order valence-electron chi connectivity index (χ0n) is 8.59. The normalized spacial score (nSPS) is 27.8. The van der Waals surface area contributed by atoms with Gasteiger partial charge < -0.3 is 9.64 Å². The van der Waals surface area contributed by atoms with Crippen molar-refractivity contribution in [3.05, 3.63) is 12.2 Å². The summed E-state index contributed by atoms with van der Waals surface area (Å²) in [6.45, 7) is 8.87. The van der Waals surface area contributed by atoms with Gasteiger partial charge in [0.15, 0.2) is 0 Å². The molecule has 1 aliphatic heterocycles. The Morgan fingerprint density at radius 3 is 2.38 bits per heavy atom. The predicted molar refractivity (Wildman–Crippen MR) is 51.4 cm³/mol. The van der Waals surface area contributed by atoms with Gasteiger partial charge in [-0.3, -0.25) is 4.79 Å². The Morgan fingerprint density at radius 1 is 1.54 bits per heavy atom. The zero-order chi connectivity index (χ0) is 10.1. The molecule has 0 aliphatic carbocycles. The molecule has 1 atom stereocenters. The second-order valence-electron chi connectivity index (χ2n) is 3.67. The average molecular weight is 183 g/mol. The lowest BCUT2D eigenvalue weighted by Crippen LogP contribution is -2.37. The molecule has 0 aromatic carbocycles. The van der Waals surface area contributed by atoms with Crippen LogP contribution in [0, 0.1) is 0 Å². The van der Waals surface area contributed by atoms with Crippen molar-refractivity contribution in [2.75, 3.05) is 20.2 Å². The molecule has 3 nitrogen and oxygen atoms in total. The van der Waals surface area contributed by atoms with E-state index in [0.717, 1.165) is 18.5 Å². The van der Waals surface area contributed by atoms with Crippen molar-refractivity contribution < 1.29 is 9.53 Å². The van der Waals surface area contributed by atoms with Crippen LogP contribution >= 0.6 is 0 Å². The number of likely N-dealkylation sites (tertiary alicyclic amines) is 1. The molecule has 0 N–H and O–H groups in total. The van der Waals surface area contributed by atoms with Gasteiger partial charge in [0.25, 0.3) is 0 Å². The summed E-state index contributed by atoms with van der Waals surface area (Å²) in [5.74, 6) is 0.111. The number of hydrogen-bond donors (Lipinski definition) is 0. The monoisotopic (exact) mass is 183 g/mol. The van der Waals surface area contributed by atoms with Crippen LogP contribution in [0.5, 0.6) is 0 Å². The van der Waals surface area contributed by atoms with Gasteiger partial charge in [-0.2, -0.15) is 0 Å². The van der Waals surface area contributed by atoms with Gasteiger partial charge in [-0.15, -0.1) is 0 Å². The Kier molecular flexibility index (Phi) is 2.76. The third-order valence-corrected chi connectivity index (χ3v) is 2.85. The van der Waals surface area contributed by atoms with Crippen LogP contribution in [0.2, 0.25) is 0 Å². The van der Waals surface area contributed by atoms with Crippen molar-refractivity contribution in [2.45, 2.75) is 25.9 Å². The van der Waals surface area contributed by atoms with Gasteiger partial charge in [0.2, 0.25) is 5.91 Å². The van der Waals surface area contributed by atoms with Crippen molar-refractivity contribution in [1.82, 2.24) is 4.90 Å². The summed E-state index contributed by atoms with van der Waals surface area (Å²) in [5, 5.41) is 0. The van der Waals surface area contributed by atoms with Crippen LogP contribution in [0.25, 0.3) is 0 Å². The Balaban J connectivity index is 2.74. The maximum Gasteiger partial charge on any atom is 0.219 e. The molecule has 0 spiro atoms. The summed E-state index contributed by atoms with van der Waals surface area (Å²) >= 11 is 0. The lowest BCUT2D eigenvalue weighted by molar-refractivity contribution is -0.128. The fourth-order valence-corrected chi connectivity index (χ4v) is 1.74. The molecule has 1 rings (SSSR count). The Morgan fingerprint density at radius 2 is 2.15 bits per heavy atom. The maximum atomic E-state index is 11.1. The third-order valence-electron chi connectivity index (χ3n) is 2.85. The second-order valence-corrected chi connectivity index (χ2v) is 3.67. The van der Waals surface area contributed by atoms with Crippen LogP contribution in [0.1, 0.15) is 20.3 Å². The smallest absolute Gasteiger partial charge is 0.219 e. The molecule has 1 saturated heterocycles. The maximum absolute atomic E-state index is 11.1. The number of methoxy groups -OCH3 is 1. The van der Waals surface area contributed by atoms with Crippen molar-refractivity contribution >= 4 is 5.91 Å². The first-order valence-corrected chi connectivity index (χ1v) is 4.48. The molecule has 0 radical (unpaired) electrons. The van der Waals surface area contributed by atoms with Gasteiger partial charge in [-0.25, -0.2) is 0 Å². The topological polar surface area (TPSA) is 29.5 Å². The first-order valence-electron chi connectivity index (χ1n) is 4.48. The van der Waals surface area contributed by atoms with Crippen LogP contribution in [-0.4, -0.2) is 36.6 Å². The highest BCUT2D eigenvalue weighted by Crippen LogP contribution is 2.30. The molecular weight excluding hydrogens is 166 g/mol. The summed E-state index contributed by atoms with van der Waals surface area (Å²) in [5.41, 5.74) is 0.699. The average Bonchev–Trinajstić information content (AvgIpc) is 2.49. The van der Waals surface area contributed by atoms with E-state index >= 15 is 0 Å². The number of hydrogen-bond acceptors (Lipinski definition) is 2. The van der Waals surface area contributed by atoms with E-state index in [1.54, 1.807) is 18.9 Å². The van der Waals surface area contributed by atoms with Gasteiger partial charge >= 0.3 is 0 Å². The van der Waals surface area contributed by atoms with Crippen LogP contribution in [0.15, 0.2) is 12.2 Å². The SMILES string of the molecule is C=C(C)C1(OC)CCN(C(C)=O)C1. The minimum absolute atomic E-state index is 0.111. The van der Waals surface area contributed by atoms with Gasteiger partial charge in [-0.1, -0.05) is 6.58 Å². The molecule has 0 aromatic rings. The summed E-state index contributed by atoms with van der Waals surface area (Å²) in [6.07, 6.45) is 0.860. The van der Waals surface area contributed by atoms with Crippen molar-refractivity contribution in [3.63, 3.8) is 0 Å². The van der Waals surface area contributed by atoms with E-state index in [2.05, 4.69) is 6.58 Å². The minimum Gasteiger partial charge on any atom is -0.372 e. The van der Waals surface area contributed by atoms with E-state index in [-0.39, 0.29) is 11.5 Å². The molecule has 0 aromatic heterocycles. The fourth-order valence-electron chi connectivity index (χ4n) is 1.74. The first-order chi connectivity index (χ1) is 6.02. The quantitative estimate of drug-likeness (QED) is 0.602. The number of carbonyl (C=O) groups excluding carboxylic acids is 1. The Hall–Kier alpha value is -0.830. The highest BCUT2D eigenvalue weighted by molar-refractivity contribution is 5.73. The van der Waals surface area contributed by atoms with E-state index in [9.17, 15) is 4.79 Å². The fraction of sp³-hybridized carbons (Fsp3) is 0.700. The lowest BCUT2D eigenvalue weighted by Gasteiger charge is -2.28.